The molecule has 0 aliphatic rings. The number of aryl methyl sites for hydroxylation is 1. The third-order valence-electron chi connectivity index (χ3n) is 5.47. The maximum Gasteiger partial charge on any atom is 0.243 e. The molecule has 0 bridgehead atoms. The molecule has 0 unspecified atom stereocenters. The molecule has 2 N–H and O–H groups in total. The van der Waals surface area contributed by atoms with Crippen molar-refractivity contribution < 1.29 is 28.8 Å². The standard InChI is InChI=1S/C24H25FN6O4S.CH4O.H2/c1-15-10-17(13-26-12-15)23-28-29-24(31(23)22-20(34-3)6-5-7-21(22)35-4)30-36(32,33)16(2)11-19-9-8-18(25)14-27-19;1-2;/h5-10,12-14,16H,11H2,1-4H3,(H,29,30);2H,1H3;1H/t16-;;/m0../s1. The van der Waals surface area contributed by atoms with Gasteiger partial charge in [0, 0.05) is 38.6 Å². The number of aromatic nitrogens is 5. The lowest BCUT2D eigenvalue weighted by atomic mass is 10.2. The van der Waals surface area contributed by atoms with Gasteiger partial charge in [0.15, 0.2) is 5.82 Å². The summed E-state index contributed by atoms with van der Waals surface area (Å²) in [5, 5.41) is 14.5. The quantitative estimate of drug-likeness (QED) is 0.323. The summed E-state index contributed by atoms with van der Waals surface area (Å²) in [5.74, 6) is 0.609. The van der Waals surface area contributed by atoms with Gasteiger partial charge in [0.25, 0.3) is 0 Å². The molecule has 0 aliphatic heterocycles. The molecule has 38 heavy (non-hydrogen) atoms. The van der Waals surface area contributed by atoms with Crippen molar-refractivity contribution in [2.75, 3.05) is 26.1 Å². The average molecular weight is 547 g/mol. The van der Waals surface area contributed by atoms with E-state index in [1.54, 1.807) is 30.6 Å². The van der Waals surface area contributed by atoms with Gasteiger partial charge in [-0.2, -0.15) is 0 Å². The van der Waals surface area contributed by atoms with Crippen molar-refractivity contribution in [3.63, 3.8) is 0 Å². The second-order valence-electron chi connectivity index (χ2n) is 8.07. The zero-order valence-corrected chi connectivity index (χ0v) is 22.4. The van der Waals surface area contributed by atoms with Gasteiger partial charge >= 0.3 is 0 Å². The second-order valence-corrected chi connectivity index (χ2v) is 10.2. The van der Waals surface area contributed by atoms with Gasteiger partial charge in [0.1, 0.15) is 23.0 Å². The number of ether oxygens (including phenoxy) is 2. The van der Waals surface area contributed by atoms with Crippen LogP contribution in [0.25, 0.3) is 17.1 Å². The Labute approximate surface area is 221 Å². The zero-order chi connectivity index (χ0) is 27.9. The maximum absolute atomic E-state index is 13.3. The summed E-state index contributed by atoms with van der Waals surface area (Å²) in [5.41, 5.74) is 2.35. The normalized spacial score (nSPS) is 11.8. The molecule has 3 aromatic heterocycles. The summed E-state index contributed by atoms with van der Waals surface area (Å²) in [4.78, 5) is 8.19. The van der Waals surface area contributed by atoms with Crippen LogP contribution in [0, 0.1) is 12.7 Å². The van der Waals surface area contributed by atoms with Crippen LogP contribution in [0.2, 0.25) is 0 Å². The number of pyridine rings is 2. The molecule has 0 spiro atoms. The van der Waals surface area contributed by atoms with Crippen LogP contribution in [0.5, 0.6) is 11.5 Å². The van der Waals surface area contributed by atoms with Crippen LogP contribution >= 0.6 is 0 Å². The smallest absolute Gasteiger partial charge is 0.243 e. The number of methoxy groups -OCH3 is 2. The summed E-state index contributed by atoms with van der Waals surface area (Å²) in [6.07, 6.45) is 4.42. The van der Waals surface area contributed by atoms with Gasteiger partial charge in [0.2, 0.25) is 16.0 Å². The van der Waals surface area contributed by atoms with E-state index in [2.05, 4.69) is 24.9 Å². The molecule has 0 saturated heterocycles. The Kier molecular flexibility index (Phi) is 9.31. The van der Waals surface area contributed by atoms with E-state index >= 15 is 0 Å². The minimum Gasteiger partial charge on any atom is -0.494 e. The highest BCUT2D eigenvalue weighted by Gasteiger charge is 2.28. The largest absolute Gasteiger partial charge is 0.494 e. The number of hydrogen-bond acceptors (Lipinski definition) is 9. The molecule has 0 fully saturated rings. The average Bonchev–Trinajstić information content (AvgIpc) is 3.32. The Bertz CT molecular complexity index is 1460. The Balaban J connectivity index is 0.00000174. The summed E-state index contributed by atoms with van der Waals surface area (Å²) in [6, 6.07) is 9.74. The van der Waals surface area contributed by atoms with Crippen molar-refractivity contribution in [2.24, 2.45) is 0 Å². The molecule has 0 radical (unpaired) electrons. The SMILES string of the molecule is CO.COc1cccc(OC)c1-n1c(NS(=O)(=O)[C@@H](C)Cc2ccc(F)cn2)nnc1-c1cncc(C)c1.[HH]. The molecule has 1 atom stereocenters. The number of benzene rings is 1. The summed E-state index contributed by atoms with van der Waals surface area (Å²) in [6.45, 7) is 3.42. The number of rotatable bonds is 9. The molecule has 0 saturated carbocycles. The van der Waals surface area contributed by atoms with Gasteiger partial charge in [0.05, 0.1) is 25.7 Å². The maximum atomic E-state index is 13.3. The third kappa shape index (κ3) is 6.23. The fraction of sp³-hybridized carbons (Fsp3) is 0.280. The van der Waals surface area contributed by atoms with Crippen molar-refractivity contribution in [3.8, 4) is 28.6 Å². The van der Waals surface area contributed by atoms with E-state index in [-0.39, 0.29) is 13.8 Å². The number of halogens is 1. The second kappa shape index (κ2) is 12.4. The fourth-order valence-corrected chi connectivity index (χ4v) is 4.62. The van der Waals surface area contributed by atoms with E-state index in [1.807, 2.05) is 13.0 Å². The first-order valence-corrected chi connectivity index (χ1v) is 12.9. The highest BCUT2D eigenvalue weighted by atomic mass is 32.2. The Hall–Kier alpha value is -4.10. The molecule has 11 nitrogen and oxygen atoms in total. The van der Waals surface area contributed by atoms with Gasteiger partial charge in [-0.1, -0.05) is 6.07 Å². The Morgan fingerprint density at radius 1 is 1.08 bits per heavy atom. The lowest BCUT2D eigenvalue weighted by Gasteiger charge is -2.19. The number of aliphatic hydroxyl groups is 1. The van der Waals surface area contributed by atoms with Gasteiger partial charge in [-0.3, -0.25) is 19.3 Å². The Morgan fingerprint density at radius 3 is 2.34 bits per heavy atom. The number of nitrogens with zero attached hydrogens (tertiary/aromatic N) is 5. The van der Waals surface area contributed by atoms with Crippen molar-refractivity contribution in [3.05, 3.63) is 72.1 Å². The first kappa shape index (κ1) is 28.5. The van der Waals surface area contributed by atoms with Crippen LogP contribution in [0.4, 0.5) is 10.3 Å². The molecule has 3 heterocycles. The number of hydrogen-bond donors (Lipinski definition) is 2. The van der Waals surface area contributed by atoms with E-state index < -0.39 is 21.1 Å². The number of para-hydroxylation sites is 1. The highest BCUT2D eigenvalue weighted by molar-refractivity contribution is 7.93. The monoisotopic (exact) mass is 546 g/mol. The van der Waals surface area contributed by atoms with Crippen LogP contribution < -0.4 is 14.2 Å². The zero-order valence-electron chi connectivity index (χ0n) is 21.6. The molecular weight excluding hydrogens is 515 g/mol. The molecule has 0 aliphatic carbocycles. The third-order valence-corrected chi connectivity index (χ3v) is 7.16. The van der Waals surface area contributed by atoms with Crippen molar-refractivity contribution in [1.82, 2.24) is 24.7 Å². The predicted octanol–water partition coefficient (Wildman–Crippen LogP) is 3.42. The van der Waals surface area contributed by atoms with Crippen LogP contribution in [-0.2, 0) is 16.4 Å². The lowest BCUT2D eigenvalue weighted by molar-refractivity contribution is 0.391. The molecule has 4 rings (SSSR count). The van der Waals surface area contributed by atoms with Gasteiger partial charge in [-0.05, 0) is 49.7 Å². The first-order valence-electron chi connectivity index (χ1n) is 11.4. The van der Waals surface area contributed by atoms with E-state index in [4.69, 9.17) is 14.6 Å². The van der Waals surface area contributed by atoms with Crippen LogP contribution in [0.15, 0.2) is 55.0 Å². The number of sulfonamides is 1. The molecule has 0 amide bonds. The minimum absolute atomic E-state index is 0. The summed E-state index contributed by atoms with van der Waals surface area (Å²) in [7, 11) is 0.0236. The molecule has 13 heteroatoms. The minimum atomic E-state index is -3.97. The van der Waals surface area contributed by atoms with Gasteiger partial charge in [-0.25, -0.2) is 12.8 Å². The fourth-order valence-electron chi connectivity index (χ4n) is 3.64. The van der Waals surface area contributed by atoms with E-state index in [1.165, 1.54) is 37.8 Å². The highest BCUT2D eigenvalue weighted by Crippen LogP contribution is 2.37. The molecule has 1 aromatic carbocycles. The van der Waals surface area contributed by atoms with Crippen molar-refractivity contribution in [1.29, 1.82) is 0 Å². The Morgan fingerprint density at radius 2 is 1.76 bits per heavy atom. The van der Waals surface area contributed by atoms with Gasteiger partial charge < -0.3 is 14.6 Å². The van der Waals surface area contributed by atoms with Crippen molar-refractivity contribution >= 4 is 16.0 Å². The molecule has 4 aromatic rings. The van der Waals surface area contributed by atoms with E-state index in [0.717, 1.165) is 18.9 Å². The van der Waals surface area contributed by atoms with Gasteiger partial charge in [-0.15, -0.1) is 10.2 Å². The molecular formula is C25H31FN6O5S. The van der Waals surface area contributed by atoms with Crippen molar-refractivity contribution in [2.45, 2.75) is 25.5 Å². The van der Waals surface area contributed by atoms with Crippen LogP contribution in [-0.4, -0.2) is 64.8 Å². The summed E-state index contributed by atoms with van der Waals surface area (Å²) >= 11 is 0. The molecule has 204 valence electrons. The predicted molar refractivity (Wildman–Crippen MR) is 143 cm³/mol. The lowest BCUT2D eigenvalue weighted by Crippen LogP contribution is -2.29. The van der Waals surface area contributed by atoms with Crippen LogP contribution in [0.1, 0.15) is 19.6 Å². The van der Waals surface area contributed by atoms with E-state index in [9.17, 15) is 12.8 Å². The number of anilines is 1. The van der Waals surface area contributed by atoms with Crippen LogP contribution in [0.3, 0.4) is 0 Å². The topological polar surface area (TPSA) is 141 Å². The first-order chi connectivity index (χ1) is 18.2. The summed E-state index contributed by atoms with van der Waals surface area (Å²) < 4.78 is 55.0. The van der Waals surface area contributed by atoms with E-state index in [0.29, 0.717) is 34.3 Å². The number of nitrogens with one attached hydrogen (secondary N) is 1. The number of aliphatic hydroxyl groups excluding tert-OH is 1.